The standard InChI is InChI=1S/C14H14N4O3/c1-9-3-5-11(8-16-9)17-14(19)10-4-6-12(15-2)13(7-10)18(20)21/h3-8,15H,1-2H3,(H,17,19). The number of carbonyl (C=O) groups excluding carboxylic acids is 1. The first-order chi connectivity index (χ1) is 10.0. The third-order valence-electron chi connectivity index (χ3n) is 2.90. The molecule has 1 amide bonds. The fourth-order valence-corrected chi connectivity index (χ4v) is 1.78. The second kappa shape index (κ2) is 6.00. The molecule has 108 valence electrons. The van der Waals surface area contributed by atoms with Crippen LogP contribution in [0.5, 0.6) is 0 Å². The van der Waals surface area contributed by atoms with Gasteiger partial charge in [-0.3, -0.25) is 19.9 Å². The van der Waals surface area contributed by atoms with Crippen molar-refractivity contribution in [1.29, 1.82) is 0 Å². The van der Waals surface area contributed by atoms with Crippen molar-refractivity contribution in [2.75, 3.05) is 17.7 Å². The summed E-state index contributed by atoms with van der Waals surface area (Å²) in [5.41, 5.74) is 1.79. The van der Waals surface area contributed by atoms with E-state index >= 15 is 0 Å². The van der Waals surface area contributed by atoms with Crippen LogP contribution in [0.2, 0.25) is 0 Å². The van der Waals surface area contributed by atoms with E-state index in [0.717, 1.165) is 5.69 Å². The van der Waals surface area contributed by atoms with E-state index in [1.165, 1.54) is 24.4 Å². The van der Waals surface area contributed by atoms with Crippen LogP contribution in [0.4, 0.5) is 17.1 Å². The predicted octanol–water partition coefficient (Wildman–Crippen LogP) is 2.59. The number of amides is 1. The van der Waals surface area contributed by atoms with Gasteiger partial charge >= 0.3 is 0 Å². The molecule has 0 saturated heterocycles. The number of nitro benzene ring substituents is 1. The first-order valence-corrected chi connectivity index (χ1v) is 6.21. The van der Waals surface area contributed by atoms with E-state index in [4.69, 9.17) is 0 Å². The molecule has 1 aromatic carbocycles. The van der Waals surface area contributed by atoms with E-state index in [2.05, 4.69) is 15.6 Å². The molecule has 0 aliphatic rings. The van der Waals surface area contributed by atoms with Crippen LogP contribution in [0.3, 0.4) is 0 Å². The fraction of sp³-hybridized carbons (Fsp3) is 0.143. The smallest absolute Gasteiger partial charge is 0.293 e. The molecular formula is C14H14N4O3. The van der Waals surface area contributed by atoms with E-state index in [-0.39, 0.29) is 11.3 Å². The molecule has 0 saturated carbocycles. The minimum atomic E-state index is -0.532. The van der Waals surface area contributed by atoms with Gasteiger partial charge in [-0.2, -0.15) is 0 Å². The highest BCUT2D eigenvalue weighted by Crippen LogP contribution is 2.25. The normalized spacial score (nSPS) is 10.0. The van der Waals surface area contributed by atoms with Crippen LogP contribution in [-0.4, -0.2) is 22.9 Å². The summed E-state index contributed by atoms with van der Waals surface area (Å²) in [7, 11) is 1.58. The highest BCUT2D eigenvalue weighted by Gasteiger charge is 2.16. The van der Waals surface area contributed by atoms with E-state index in [1.807, 2.05) is 6.92 Å². The second-order valence-corrected chi connectivity index (χ2v) is 4.38. The number of nitrogens with one attached hydrogen (secondary N) is 2. The fourth-order valence-electron chi connectivity index (χ4n) is 1.78. The zero-order valence-corrected chi connectivity index (χ0v) is 11.6. The van der Waals surface area contributed by atoms with Gasteiger partial charge in [0, 0.05) is 24.4 Å². The maximum atomic E-state index is 12.1. The van der Waals surface area contributed by atoms with Gasteiger partial charge in [0.25, 0.3) is 11.6 Å². The minimum absolute atomic E-state index is 0.146. The van der Waals surface area contributed by atoms with Crippen LogP contribution in [0, 0.1) is 17.0 Å². The predicted molar refractivity (Wildman–Crippen MR) is 79.6 cm³/mol. The number of nitro groups is 1. The zero-order chi connectivity index (χ0) is 15.4. The molecule has 1 heterocycles. The van der Waals surface area contributed by atoms with Gasteiger partial charge in [0.15, 0.2) is 0 Å². The molecule has 7 nitrogen and oxygen atoms in total. The van der Waals surface area contributed by atoms with Gasteiger partial charge in [-0.1, -0.05) is 0 Å². The van der Waals surface area contributed by atoms with Crippen LogP contribution in [0.1, 0.15) is 16.1 Å². The summed E-state index contributed by atoms with van der Waals surface area (Å²) in [5.74, 6) is -0.425. The van der Waals surface area contributed by atoms with Gasteiger partial charge in [0.05, 0.1) is 16.8 Å². The van der Waals surface area contributed by atoms with E-state index in [9.17, 15) is 14.9 Å². The Bertz CT molecular complexity index is 683. The largest absolute Gasteiger partial charge is 0.383 e. The summed E-state index contributed by atoms with van der Waals surface area (Å²) in [4.78, 5) is 26.6. The number of aromatic nitrogens is 1. The van der Waals surface area contributed by atoms with Crippen LogP contribution < -0.4 is 10.6 Å². The maximum absolute atomic E-state index is 12.1. The Hall–Kier alpha value is -2.96. The number of hydrogen-bond donors (Lipinski definition) is 2. The van der Waals surface area contributed by atoms with Gasteiger partial charge in [0.1, 0.15) is 5.69 Å². The summed E-state index contributed by atoms with van der Waals surface area (Å²) in [6.45, 7) is 1.84. The first kappa shape index (κ1) is 14.4. The van der Waals surface area contributed by atoms with Crippen molar-refractivity contribution in [2.24, 2.45) is 0 Å². The SMILES string of the molecule is CNc1ccc(C(=O)Nc2ccc(C)nc2)cc1[N+](=O)[O-]. The van der Waals surface area contributed by atoms with Crippen LogP contribution >= 0.6 is 0 Å². The summed E-state index contributed by atoms with van der Waals surface area (Å²) < 4.78 is 0. The number of aryl methyl sites for hydroxylation is 1. The van der Waals surface area contributed by atoms with Crippen molar-refractivity contribution in [3.63, 3.8) is 0 Å². The lowest BCUT2D eigenvalue weighted by atomic mass is 10.1. The molecule has 2 N–H and O–H groups in total. The molecule has 2 rings (SSSR count). The Morgan fingerprint density at radius 1 is 1.29 bits per heavy atom. The zero-order valence-electron chi connectivity index (χ0n) is 11.6. The van der Waals surface area contributed by atoms with Gasteiger partial charge in [-0.15, -0.1) is 0 Å². The van der Waals surface area contributed by atoms with Crippen LogP contribution in [0.25, 0.3) is 0 Å². The summed E-state index contributed by atoms with van der Waals surface area (Å²) in [6, 6.07) is 7.75. The molecule has 0 fully saturated rings. The van der Waals surface area contributed by atoms with E-state index in [1.54, 1.807) is 19.2 Å². The molecule has 0 unspecified atom stereocenters. The Morgan fingerprint density at radius 3 is 2.62 bits per heavy atom. The molecule has 0 radical (unpaired) electrons. The molecule has 0 atom stereocenters. The van der Waals surface area contributed by atoms with Crippen molar-refractivity contribution >= 4 is 23.0 Å². The molecule has 2 aromatic rings. The average molecular weight is 286 g/mol. The van der Waals surface area contributed by atoms with E-state index in [0.29, 0.717) is 11.4 Å². The monoisotopic (exact) mass is 286 g/mol. The highest BCUT2D eigenvalue weighted by atomic mass is 16.6. The average Bonchev–Trinajstić information content (AvgIpc) is 2.48. The molecule has 0 spiro atoms. The van der Waals surface area contributed by atoms with Crippen LogP contribution in [0.15, 0.2) is 36.5 Å². The maximum Gasteiger partial charge on any atom is 0.293 e. The summed E-state index contributed by atoms with van der Waals surface area (Å²) in [6.07, 6.45) is 1.53. The van der Waals surface area contributed by atoms with Gasteiger partial charge in [0.2, 0.25) is 0 Å². The van der Waals surface area contributed by atoms with Crippen LogP contribution in [-0.2, 0) is 0 Å². The number of benzene rings is 1. The quantitative estimate of drug-likeness (QED) is 0.665. The lowest BCUT2D eigenvalue weighted by molar-refractivity contribution is -0.384. The Kier molecular flexibility index (Phi) is 4.13. The van der Waals surface area contributed by atoms with E-state index < -0.39 is 10.8 Å². The molecule has 0 aliphatic heterocycles. The number of carbonyl (C=O) groups is 1. The second-order valence-electron chi connectivity index (χ2n) is 4.38. The molecule has 0 aliphatic carbocycles. The Labute approximate surface area is 121 Å². The molecule has 0 bridgehead atoms. The number of anilines is 2. The lowest BCUT2D eigenvalue weighted by Gasteiger charge is -2.07. The van der Waals surface area contributed by atoms with Crippen molar-refractivity contribution < 1.29 is 9.72 Å². The molecule has 1 aromatic heterocycles. The third kappa shape index (κ3) is 3.33. The summed E-state index contributed by atoms with van der Waals surface area (Å²) >= 11 is 0. The van der Waals surface area contributed by atoms with Gasteiger partial charge in [-0.25, -0.2) is 0 Å². The van der Waals surface area contributed by atoms with Gasteiger partial charge < -0.3 is 10.6 Å². The minimum Gasteiger partial charge on any atom is -0.383 e. The first-order valence-electron chi connectivity index (χ1n) is 6.21. The third-order valence-corrected chi connectivity index (χ3v) is 2.90. The Balaban J connectivity index is 2.25. The van der Waals surface area contributed by atoms with Crippen molar-refractivity contribution in [3.8, 4) is 0 Å². The topological polar surface area (TPSA) is 97.2 Å². The van der Waals surface area contributed by atoms with Crippen molar-refractivity contribution in [3.05, 3.63) is 57.9 Å². The molecular weight excluding hydrogens is 272 g/mol. The molecule has 7 heteroatoms. The number of pyridine rings is 1. The number of nitrogens with zero attached hydrogens (tertiary/aromatic N) is 2. The van der Waals surface area contributed by atoms with Gasteiger partial charge in [-0.05, 0) is 31.2 Å². The molecule has 21 heavy (non-hydrogen) atoms. The number of hydrogen-bond acceptors (Lipinski definition) is 5. The lowest BCUT2D eigenvalue weighted by Crippen LogP contribution is -2.12. The highest BCUT2D eigenvalue weighted by molar-refractivity contribution is 6.05. The van der Waals surface area contributed by atoms with Crippen molar-refractivity contribution in [2.45, 2.75) is 6.92 Å². The Morgan fingerprint density at radius 2 is 2.05 bits per heavy atom. The summed E-state index contributed by atoms with van der Waals surface area (Å²) in [5, 5.41) is 16.3. The van der Waals surface area contributed by atoms with Crippen molar-refractivity contribution in [1.82, 2.24) is 4.98 Å². The number of rotatable bonds is 4.